The first kappa shape index (κ1) is 15.9. The number of hydrogen-bond acceptors (Lipinski definition) is 4. The van der Waals surface area contributed by atoms with E-state index in [0.717, 1.165) is 5.56 Å². The number of carbonyl (C=O) groups is 2. The van der Waals surface area contributed by atoms with Crippen LogP contribution in [0.4, 0.5) is 5.69 Å². The van der Waals surface area contributed by atoms with E-state index in [1.807, 2.05) is 47.7 Å². The van der Waals surface area contributed by atoms with Crippen molar-refractivity contribution in [2.45, 2.75) is 6.92 Å². The summed E-state index contributed by atoms with van der Waals surface area (Å²) in [5, 5.41) is 2.61. The third kappa shape index (κ3) is 3.20. The fourth-order valence-corrected chi connectivity index (χ4v) is 2.92. The molecule has 2 aromatic rings. The summed E-state index contributed by atoms with van der Waals surface area (Å²) in [5.74, 6) is -0.573. The average molecular weight is 438 g/mol. The first-order chi connectivity index (χ1) is 11.0. The SMILES string of the molecule is Cc1cccc(N2C(=O)/C(=C/c3ccc(I)o3)C(=O)NC2=S)c1. The van der Waals surface area contributed by atoms with E-state index in [1.54, 1.807) is 18.2 Å². The Balaban J connectivity index is 2.02. The van der Waals surface area contributed by atoms with E-state index in [4.69, 9.17) is 16.6 Å². The van der Waals surface area contributed by atoms with Crippen LogP contribution in [0, 0.1) is 10.7 Å². The Kier molecular flexibility index (Phi) is 4.31. The number of anilines is 1. The molecule has 1 fully saturated rings. The molecule has 1 saturated heterocycles. The highest BCUT2D eigenvalue weighted by molar-refractivity contribution is 14.1. The molecule has 1 aromatic heterocycles. The van der Waals surface area contributed by atoms with Crippen molar-refractivity contribution in [1.29, 1.82) is 0 Å². The maximum absolute atomic E-state index is 12.7. The monoisotopic (exact) mass is 438 g/mol. The molecule has 0 bridgehead atoms. The number of thiocarbonyl (C=S) groups is 1. The van der Waals surface area contributed by atoms with Crippen LogP contribution in [0.25, 0.3) is 6.08 Å². The van der Waals surface area contributed by atoms with Crippen LogP contribution in [0.15, 0.2) is 46.4 Å². The number of rotatable bonds is 2. The van der Waals surface area contributed by atoms with Crippen molar-refractivity contribution in [3.05, 3.63) is 57.1 Å². The van der Waals surface area contributed by atoms with Crippen molar-refractivity contribution >= 4 is 63.5 Å². The molecule has 0 atom stereocenters. The van der Waals surface area contributed by atoms with Crippen LogP contribution < -0.4 is 10.2 Å². The first-order valence-electron chi connectivity index (χ1n) is 6.69. The molecule has 23 heavy (non-hydrogen) atoms. The minimum Gasteiger partial charge on any atom is -0.451 e. The Bertz CT molecular complexity index is 857. The summed E-state index contributed by atoms with van der Waals surface area (Å²) in [6, 6.07) is 10.8. The van der Waals surface area contributed by atoms with E-state index in [2.05, 4.69) is 5.32 Å². The molecule has 1 N–H and O–H groups in total. The van der Waals surface area contributed by atoms with Crippen LogP contribution in [0.2, 0.25) is 0 Å². The van der Waals surface area contributed by atoms with Crippen molar-refractivity contribution in [3.63, 3.8) is 0 Å². The zero-order valence-electron chi connectivity index (χ0n) is 12.0. The molecule has 0 saturated carbocycles. The molecule has 1 aliphatic rings. The summed E-state index contributed by atoms with van der Waals surface area (Å²) >= 11 is 7.16. The Morgan fingerprint density at radius 1 is 1.26 bits per heavy atom. The standard InChI is InChI=1S/C16H11IN2O3S/c1-9-3-2-4-10(7-9)19-15(21)12(14(20)18-16(19)23)8-11-5-6-13(17)22-11/h2-8H,1H3,(H,18,20,23)/b12-8+. The summed E-state index contributed by atoms with van der Waals surface area (Å²) in [6.45, 7) is 1.92. The third-order valence-electron chi connectivity index (χ3n) is 3.24. The van der Waals surface area contributed by atoms with Crippen LogP contribution in [-0.4, -0.2) is 16.9 Å². The maximum atomic E-state index is 12.7. The summed E-state index contributed by atoms with van der Waals surface area (Å²) in [6.07, 6.45) is 1.42. The van der Waals surface area contributed by atoms with E-state index in [1.165, 1.54) is 11.0 Å². The number of furan rings is 1. The third-order valence-corrected chi connectivity index (χ3v) is 4.11. The molecule has 3 rings (SSSR count). The van der Waals surface area contributed by atoms with Gasteiger partial charge in [-0.05, 0) is 77.6 Å². The number of carbonyl (C=O) groups excluding carboxylic acids is 2. The van der Waals surface area contributed by atoms with Gasteiger partial charge in [-0.2, -0.15) is 0 Å². The lowest BCUT2D eigenvalue weighted by Crippen LogP contribution is -2.54. The zero-order chi connectivity index (χ0) is 16.6. The molecule has 2 heterocycles. The Morgan fingerprint density at radius 2 is 2.04 bits per heavy atom. The van der Waals surface area contributed by atoms with E-state index in [0.29, 0.717) is 15.2 Å². The van der Waals surface area contributed by atoms with Gasteiger partial charge in [0.2, 0.25) is 0 Å². The number of nitrogens with one attached hydrogen (secondary N) is 1. The second kappa shape index (κ2) is 6.25. The van der Waals surface area contributed by atoms with E-state index >= 15 is 0 Å². The van der Waals surface area contributed by atoms with Gasteiger partial charge in [-0.1, -0.05) is 12.1 Å². The van der Waals surface area contributed by atoms with Crippen molar-refractivity contribution in [1.82, 2.24) is 5.32 Å². The molecule has 1 aliphatic heterocycles. The fraction of sp³-hybridized carbons (Fsp3) is 0.0625. The van der Waals surface area contributed by atoms with E-state index in [9.17, 15) is 9.59 Å². The number of hydrogen-bond donors (Lipinski definition) is 1. The van der Waals surface area contributed by atoms with E-state index in [-0.39, 0.29) is 10.7 Å². The van der Waals surface area contributed by atoms with Gasteiger partial charge in [0.15, 0.2) is 8.88 Å². The normalized spacial score (nSPS) is 16.9. The molecule has 1 aromatic carbocycles. The van der Waals surface area contributed by atoms with Crippen LogP contribution >= 0.6 is 34.8 Å². The second-order valence-electron chi connectivity index (χ2n) is 4.94. The highest BCUT2D eigenvalue weighted by atomic mass is 127. The predicted octanol–water partition coefficient (Wildman–Crippen LogP) is 3.02. The average Bonchev–Trinajstić information content (AvgIpc) is 2.89. The maximum Gasteiger partial charge on any atom is 0.270 e. The number of aryl methyl sites for hydroxylation is 1. The topological polar surface area (TPSA) is 62.6 Å². The number of halogens is 1. The van der Waals surface area contributed by atoms with Crippen LogP contribution in [0.3, 0.4) is 0 Å². The summed E-state index contributed by atoms with van der Waals surface area (Å²) in [5.41, 5.74) is 1.58. The van der Waals surface area contributed by atoms with Crippen LogP contribution in [0.5, 0.6) is 0 Å². The highest BCUT2D eigenvalue weighted by Crippen LogP contribution is 2.23. The van der Waals surface area contributed by atoms with Crippen LogP contribution in [-0.2, 0) is 9.59 Å². The first-order valence-corrected chi connectivity index (χ1v) is 8.18. The van der Waals surface area contributed by atoms with Gasteiger partial charge in [0.05, 0.1) is 5.69 Å². The van der Waals surface area contributed by atoms with Gasteiger partial charge in [0.1, 0.15) is 11.3 Å². The molecule has 116 valence electrons. The summed E-state index contributed by atoms with van der Waals surface area (Å²) < 4.78 is 6.07. The molecule has 7 heteroatoms. The number of nitrogens with zero attached hydrogens (tertiary/aromatic N) is 1. The molecular formula is C16H11IN2O3S. The van der Waals surface area contributed by atoms with Gasteiger partial charge in [0.25, 0.3) is 11.8 Å². The van der Waals surface area contributed by atoms with Gasteiger partial charge in [0, 0.05) is 0 Å². The summed E-state index contributed by atoms with van der Waals surface area (Å²) in [4.78, 5) is 26.2. The van der Waals surface area contributed by atoms with Crippen molar-refractivity contribution < 1.29 is 14.0 Å². The summed E-state index contributed by atoms with van der Waals surface area (Å²) in [7, 11) is 0. The van der Waals surface area contributed by atoms with Gasteiger partial charge < -0.3 is 4.42 Å². The van der Waals surface area contributed by atoms with Crippen LogP contribution in [0.1, 0.15) is 11.3 Å². The molecular weight excluding hydrogens is 427 g/mol. The van der Waals surface area contributed by atoms with Gasteiger partial charge >= 0.3 is 0 Å². The molecule has 0 spiro atoms. The second-order valence-corrected chi connectivity index (χ2v) is 6.39. The molecule has 0 radical (unpaired) electrons. The van der Waals surface area contributed by atoms with Crippen molar-refractivity contribution in [2.24, 2.45) is 0 Å². The quantitative estimate of drug-likeness (QED) is 0.339. The minimum absolute atomic E-state index is 0.0224. The number of amides is 2. The predicted molar refractivity (Wildman–Crippen MR) is 98.8 cm³/mol. The lowest BCUT2D eigenvalue weighted by molar-refractivity contribution is -0.122. The van der Waals surface area contributed by atoms with Gasteiger partial charge in [-0.15, -0.1) is 0 Å². The lowest BCUT2D eigenvalue weighted by Gasteiger charge is -2.28. The molecule has 0 unspecified atom stereocenters. The molecule has 2 amide bonds. The zero-order valence-corrected chi connectivity index (χ0v) is 15.0. The van der Waals surface area contributed by atoms with E-state index < -0.39 is 11.8 Å². The highest BCUT2D eigenvalue weighted by Gasteiger charge is 2.34. The Morgan fingerprint density at radius 3 is 2.70 bits per heavy atom. The van der Waals surface area contributed by atoms with Gasteiger partial charge in [-0.25, -0.2) is 0 Å². The molecule has 5 nitrogen and oxygen atoms in total. The lowest BCUT2D eigenvalue weighted by atomic mass is 10.1. The largest absolute Gasteiger partial charge is 0.451 e. The van der Waals surface area contributed by atoms with Crippen molar-refractivity contribution in [2.75, 3.05) is 4.90 Å². The Hall–Kier alpha value is -2.00. The van der Waals surface area contributed by atoms with Gasteiger partial charge in [-0.3, -0.25) is 19.8 Å². The Labute approximate surface area is 151 Å². The molecule has 0 aliphatic carbocycles. The minimum atomic E-state index is -0.532. The number of benzene rings is 1. The fourth-order valence-electron chi connectivity index (χ4n) is 2.21. The van der Waals surface area contributed by atoms with Crippen molar-refractivity contribution in [3.8, 4) is 0 Å². The smallest absolute Gasteiger partial charge is 0.270 e.